The van der Waals surface area contributed by atoms with Gasteiger partial charge in [0.25, 0.3) is 5.91 Å². The van der Waals surface area contributed by atoms with Crippen LogP contribution >= 0.6 is 23.6 Å². The molecule has 0 atom stereocenters. The third-order valence-corrected chi connectivity index (χ3v) is 4.95. The predicted octanol–water partition coefficient (Wildman–Crippen LogP) is 3.97. The van der Waals surface area contributed by atoms with Crippen molar-refractivity contribution in [2.75, 3.05) is 5.32 Å². The second-order valence-corrected chi connectivity index (χ2v) is 7.39. The van der Waals surface area contributed by atoms with Crippen LogP contribution in [-0.4, -0.2) is 26.8 Å². The number of amides is 2. The van der Waals surface area contributed by atoms with Gasteiger partial charge in [0.2, 0.25) is 5.91 Å². The van der Waals surface area contributed by atoms with Gasteiger partial charge in [-0.1, -0.05) is 0 Å². The molecule has 4 rings (SSSR count). The first kappa shape index (κ1) is 19.0. The molecule has 0 fully saturated rings. The number of hydrogen-bond donors (Lipinski definition) is 4. The van der Waals surface area contributed by atoms with Gasteiger partial charge < -0.3 is 19.7 Å². The quantitative estimate of drug-likeness (QED) is 0.357. The molecule has 0 bridgehead atoms. The Bertz CT molecular complexity index is 1290. The second kappa shape index (κ2) is 7.60. The minimum absolute atomic E-state index is 0.111. The number of benzene rings is 1. The summed E-state index contributed by atoms with van der Waals surface area (Å²) >= 11 is 6.22. The largest absolute Gasteiger partial charge is 0.458 e. The molecule has 0 radical (unpaired) electrons. The molecule has 8 nitrogen and oxygen atoms in total. The van der Waals surface area contributed by atoms with E-state index in [1.807, 2.05) is 0 Å². The minimum atomic E-state index is -0.560. The van der Waals surface area contributed by atoms with Gasteiger partial charge in [0.15, 0.2) is 15.7 Å². The van der Waals surface area contributed by atoms with Crippen LogP contribution in [0.5, 0.6) is 0 Å². The van der Waals surface area contributed by atoms with E-state index in [-0.39, 0.29) is 18.0 Å². The maximum absolute atomic E-state index is 13.8. The van der Waals surface area contributed by atoms with Gasteiger partial charge in [-0.3, -0.25) is 14.9 Å². The number of furan rings is 1. The number of H-pyrrole nitrogens is 2. The normalized spacial score (nSPS) is 11.0. The van der Waals surface area contributed by atoms with Crippen LogP contribution < -0.4 is 10.6 Å². The number of imidazole rings is 1. The molecule has 4 aromatic rings. The molecule has 2 amide bonds. The van der Waals surface area contributed by atoms with Gasteiger partial charge in [-0.05, 0) is 36.5 Å². The molecule has 0 saturated carbocycles. The summed E-state index contributed by atoms with van der Waals surface area (Å²) < 4.78 is 19.8. The Labute approximate surface area is 172 Å². The van der Waals surface area contributed by atoms with Gasteiger partial charge in [-0.2, -0.15) is 0 Å². The van der Waals surface area contributed by atoms with Crippen molar-refractivity contribution >= 4 is 51.5 Å². The van der Waals surface area contributed by atoms with Gasteiger partial charge in [0.05, 0.1) is 23.1 Å². The van der Waals surface area contributed by atoms with Crippen LogP contribution in [-0.2, 0) is 11.3 Å². The molecule has 3 heterocycles. The van der Waals surface area contributed by atoms with Crippen molar-refractivity contribution in [2.24, 2.45) is 0 Å². The summed E-state index contributed by atoms with van der Waals surface area (Å²) in [5.74, 6) is -0.152. The number of aromatic amines is 2. The van der Waals surface area contributed by atoms with Crippen LogP contribution in [0.4, 0.5) is 9.52 Å². The number of nitrogens with zero attached hydrogens (tertiary/aromatic N) is 1. The van der Waals surface area contributed by atoms with Crippen molar-refractivity contribution in [3.8, 4) is 11.5 Å². The number of thiazole rings is 1. The number of hydrogen-bond acceptors (Lipinski definition) is 6. The Morgan fingerprint density at radius 1 is 1.31 bits per heavy atom. The van der Waals surface area contributed by atoms with Crippen LogP contribution in [0.25, 0.3) is 22.5 Å². The lowest BCUT2D eigenvalue weighted by molar-refractivity contribution is -0.119. The summed E-state index contributed by atoms with van der Waals surface area (Å²) in [4.78, 5) is 33.6. The van der Waals surface area contributed by atoms with E-state index < -0.39 is 11.7 Å². The molecule has 11 heteroatoms. The molecular formula is C18H14FN5O3S2. The van der Waals surface area contributed by atoms with Crippen molar-refractivity contribution in [2.45, 2.75) is 13.5 Å². The molecule has 0 aliphatic heterocycles. The third kappa shape index (κ3) is 4.10. The third-order valence-electron chi connectivity index (χ3n) is 3.98. The lowest BCUT2D eigenvalue weighted by Crippen LogP contribution is -2.18. The zero-order chi connectivity index (χ0) is 20.5. The fraction of sp³-hybridized carbons (Fsp3) is 0.111. The molecule has 0 aliphatic rings. The van der Waals surface area contributed by atoms with E-state index in [0.29, 0.717) is 38.2 Å². The van der Waals surface area contributed by atoms with E-state index in [1.54, 1.807) is 17.5 Å². The number of halogens is 1. The van der Waals surface area contributed by atoms with Gasteiger partial charge in [-0.25, -0.2) is 9.37 Å². The first-order chi connectivity index (χ1) is 13.9. The molecule has 0 spiro atoms. The highest BCUT2D eigenvalue weighted by molar-refractivity contribution is 7.71. The van der Waals surface area contributed by atoms with Crippen LogP contribution in [0.15, 0.2) is 34.1 Å². The summed E-state index contributed by atoms with van der Waals surface area (Å²) in [6.45, 7) is 1.70. The summed E-state index contributed by atoms with van der Waals surface area (Å²) in [6, 6.07) is 5.86. The van der Waals surface area contributed by atoms with Crippen LogP contribution in [0.2, 0.25) is 0 Å². The van der Waals surface area contributed by atoms with Gasteiger partial charge in [0, 0.05) is 12.3 Å². The van der Waals surface area contributed by atoms with Gasteiger partial charge in [0.1, 0.15) is 17.3 Å². The molecular weight excluding hydrogens is 417 g/mol. The Hall–Kier alpha value is -3.31. The van der Waals surface area contributed by atoms with Crippen molar-refractivity contribution in [1.82, 2.24) is 20.3 Å². The molecule has 3 aromatic heterocycles. The molecule has 0 unspecified atom stereocenters. The molecule has 29 heavy (non-hydrogen) atoms. The molecule has 4 N–H and O–H groups in total. The number of aromatic nitrogens is 3. The lowest BCUT2D eigenvalue weighted by atomic mass is 10.1. The Morgan fingerprint density at radius 3 is 2.93 bits per heavy atom. The highest BCUT2D eigenvalue weighted by atomic mass is 32.1. The molecule has 1 aromatic carbocycles. The number of nitrogens with one attached hydrogen (secondary N) is 4. The standard InChI is InChI=1S/C18H14FN5O3S2/c1-8(25)20-6-10-2-3-14(27-10)13-7-29-18(22-13)24-16(26)11-4-9(19)5-12-15(11)23-17(28)21-12/h2-5,7H,6H2,1H3,(H,20,25)(H2,21,23,28)(H,22,24,26). The number of carbonyl (C=O) groups excluding carboxylic acids is 2. The first-order valence-electron chi connectivity index (χ1n) is 8.41. The van der Waals surface area contributed by atoms with E-state index in [0.717, 1.165) is 6.07 Å². The Kier molecular flexibility index (Phi) is 4.99. The van der Waals surface area contributed by atoms with Gasteiger partial charge in [-0.15, -0.1) is 11.3 Å². The van der Waals surface area contributed by atoms with Gasteiger partial charge >= 0.3 is 0 Å². The van der Waals surface area contributed by atoms with E-state index in [9.17, 15) is 14.0 Å². The van der Waals surface area contributed by atoms with E-state index in [4.69, 9.17) is 16.6 Å². The summed E-state index contributed by atoms with van der Waals surface area (Å²) in [7, 11) is 0. The summed E-state index contributed by atoms with van der Waals surface area (Å²) in [5.41, 5.74) is 1.46. The van der Waals surface area contributed by atoms with Crippen molar-refractivity contribution < 1.29 is 18.4 Å². The topological polar surface area (TPSA) is 116 Å². The average molecular weight is 431 g/mol. The number of fused-ring (bicyclic) bond motifs is 1. The average Bonchev–Trinajstić information content (AvgIpc) is 3.37. The zero-order valence-electron chi connectivity index (χ0n) is 15.0. The number of anilines is 1. The van der Waals surface area contributed by atoms with E-state index in [2.05, 4.69) is 25.6 Å². The molecule has 0 saturated heterocycles. The second-order valence-electron chi connectivity index (χ2n) is 6.12. The lowest BCUT2D eigenvalue weighted by Gasteiger charge is -2.03. The van der Waals surface area contributed by atoms with Crippen molar-refractivity contribution in [3.05, 3.63) is 51.6 Å². The van der Waals surface area contributed by atoms with E-state index in [1.165, 1.54) is 24.3 Å². The smallest absolute Gasteiger partial charge is 0.259 e. The fourth-order valence-corrected chi connectivity index (χ4v) is 3.62. The number of carbonyl (C=O) groups is 2. The maximum Gasteiger partial charge on any atom is 0.259 e. The van der Waals surface area contributed by atoms with E-state index >= 15 is 0 Å². The van der Waals surface area contributed by atoms with Crippen LogP contribution in [0, 0.1) is 10.6 Å². The predicted molar refractivity (Wildman–Crippen MR) is 109 cm³/mol. The van der Waals surface area contributed by atoms with Crippen molar-refractivity contribution in [3.63, 3.8) is 0 Å². The van der Waals surface area contributed by atoms with Crippen LogP contribution in [0.3, 0.4) is 0 Å². The highest BCUT2D eigenvalue weighted by Gasteiger charge is 2.17. The fourth-order valence-electron chi connectivity index (χ4n) is 2.72. The minimum Gasteiger partial charge on any atom is -0.458 e. The van der Waals surface area contributed by atoms with Crippen molar-refractivity contribution in [1.29, 1.82) is 0 Å². The molecule has 148 valence electrons. The highest BCUT2D eigenvalue weighted by Crippen LogP contribution is 2.27. The first-order valence-corrected chi connectivity index (χ1v) is 9.70. The Morgan fingerprint density at radius 2 is 2.14 bits per heavy atom. The monoisotopic (exact) mass is 431 g/mol. The summed E-state index contributed by atoms with van der Waals surface area (Å²) in [5, 5.41) is 7.36. The van der Waals surface area contributed by atoms with Crippen LogP contribution in [0.1, 0.15) is 23.0 Å². The molecule has 0 aliphatic carbocycles. The summed E-state index contributed by atoms with van der Waals surface area (Å²) in [6.07, 6.45) is 0. The maximum atomic E-state index is 13.8. The Balaban J connectivity index is 1.53. The SMILES string of the molecule is CC(=O)NCc1ccc(-c2csc(NC(=O)c3cc(F)cc4[nH]c(=S)[nH]c34)n2)o1. The number of rotatable bonds is 5. The zero-order valence-corrected chi connectivity index (χ0v) is 16.6.